The highest BCUT2D eigenvalue weighted by atomic mass is 32.1. The summed E-state index contributed by atoms with van der Waals surface area (Å²) < 4.78 is 6.77. The number of hydrogen-bond acceptors (Lipinski definition) is 4. The van der Waals surface area contributed by atoms with Crippen LogP contribution in [-0.4, -0.2) is 24.2 Å². The maximum Gasteiger partial charge on any atom is 0.0809 e. The Labute approximate surface area is 111 Å². The summed E-state index contributed by atoms with van der Waals surface area (Å²) in [5.74, 6) is 0. The van der Waals surface area contributed by atoms with Crippen LogP contribution in [0.2, 0.25) is 0 Å². The number of pyridine rings is 1. The molecule has 0 aromatic carbocycles. The number of hydrogen-bond donors (Lipinski definition) is 1. The molecule has 3 nitrogen and oxygen atoms in total. The summed E-state index contributed by atoms with van der Waals surface area (Å²) in [4.78, 5) is 4.49. The largest absolute Gasteiger partial charge is 0.380 e. The molecule has 2 atom stereocenters. The highest BCUT2D eigenvalue weighted by Gasteiger charge is 2.17. The van der Waals surface area contributed by atoms with Crippen LogP contribution < -0.4 is 5.32 Å². The Balaban J connectivity index is 1.72. The molecule has 1 fully saturated rings. The third-order valence-corrected chi connectivity index (χ3v) is 4.32. The van der Waals surface area contributed by atoms with Gasteiger partial charge in [0, 0.05) is 24.9 Å². The van der Waals surface area contributed by atoms with E-state index < -0.39 is 0 Å². The molecule has 2 aromatic heterocycles. The minimum Gasteiger partial charge on any atom is -0.380 e. The lowest BCUT2D eigenvalue weighted by Gasteiger charge is -2.26. The van der Waals surface area contributed by atoms with E-state index in [2.05, 4.69) is 34.7 Å². The summed E-state index contributed by atoms with van der Waals surface area (Å²) in [7, 11) is 0. The SMILES string of the molecule is CC(NC1CCCOC1)c1cnc2ccsc2c1. The summed E-state index contributed by atoms with van der Waals surface area (Å²) in [5.41, 5.74) is 2.35. The monoisotopic (exact) mass is 262 g/mol. The Morgan fingerprint density at radius 1 is 1.56 bits per heavy atom. The van der Waals surface area contributed by atoms with Crippen molar-refractivity contribution >= 4 is 21.6 Å². The fourth-order valence-corrected chi connectivity index (χ4v) is 3.21. The highest BCUT2D eigenvalue weighted by molar-refractivity contribution is 7.17. The summed E-state index contributed by atoms with van der Waals surface area (Å²) >= 11 is 1.75. The molecule has 96 valence electrons. The van der Waals surface area contributed by atoms with Gasteiger partial charge in [-0.2, -0.15) is 0 Å². The minimum absolute atomic E-state index is 0.329. The standard InChI is InChI=1S/C14H18N2OS/c1-10(16-12-3-2-5-17-9-12)11-7-14-13(15-8-11)4-6-18-14/h4,6-8,10,12,16H,2-3,5,9H2,1H3. The number of ether oxygens (including phenoxy) is 1. The topological polar surface area (TPSA) is 34.1 Å². The molecule has 1 saturated heterocycles. The fourth-order valence-electron chi connectivity index (χ4n) is 2.42. The number of nitrogens with zero attached hydrogens (tertiary/aromatic N) is 1. The second-order valence-corrected chi connectivity index (χ2v) is 5.82. The zero-order valence-corrected chi connectivity index (χ0v) is 11.4. The maximum atomic E-state index is 5.50. The van der Waals surface area contributed by atoms with Crippen molar-refractivity contribution in [3.8, 4) is 0 Å². The first-order chi connectivity index (χ1) is 8.83. The van der Waals surface area contributed by atoms with E-state index in [4.69, 9.17) is 4.74 Å². The summed E-state index contributed by atoms with van der Waals surface area (Å²) in [6.07, 6.45) is 4.35. The summed E-state index contributed by atoms with van der Waals surface area (Å²) in [6, 6.07) is 5.12. The van der Waals surface area contributed by atoms with E-state index in [1.165, 1.54) is 16.7 Å². The first kappa shape index (κ1) is 12.1. The Morgan fingerprint density at radius 3 is 3.33 bits per heavy atom. The van der Waals surface area contributed by atoms with Gasteiger partial charge in [-0.3, -0.25) is 4.98 Å². The number of aromatic nitrogens is 1. The van der Waals surface area contributed by atoms with Crippen LogP contribution >= 0.6 is 11.3 Å². The molecule has 0 amide bonds. The van der Waals surface area contributed by atoms with E-state index in [1.807, 2.05) is 6.20 Å². The fraction of sp³-hybridized carbons (Fsp3) is 0.500. The van der Waals surface area contributed by atoms with Crippen LogP contribution in [0, 0.1) is 0 Å². The molecule has 2 unspecified atom stereocenters. The van der Waals surface area contributed by atoms with Crippen LogP contribution in [0.5, 0.6) is 0 Å². The van der Waals surface area contributed by atoms with E-state index in [-0.39, 0.29) is 0 Å². The van der Waals surface area contributed by atoms with Crippen molar-refractivity contribution in [1.29, 1.82) is 0 Å². The Morgan fingerprint density at radius 2 is 2.50 bits per heavy atom. The van der Waals surface area contributed by atoms with Gasteiger partial charge in [-0.15, -0.1) is 11.3 Å². The Kier molecular flexibility index (Phi) is 3.59. The molecule has 4 heteroatoms. The van der Waals surface area contributed by atoms with E-state index in [0.717, 1.165) is 25.2 Å². The van der Waals surface area contributed by atoms with Crippen LogP contribution in [-0.2, 0) is 4.74 Å². The lowest BCUT2D eigenvalue weighted by Crippen LogP contribution is -2.38. The van der Waals surface area contributed by atoms with Gasteiger partial charge < -0.3 is 10.1 Å². The van der Waals surface area contributed by atoms with Gasteiger partial charge in [-0.25, -0.2) is 0 Å². The van der Waals surface area contributed by atoms with Gasteiger partial charge in [0.2, 0.25) is 0 Å². The average Bonchev–Trinajstić information content (AvgIpc) is 2.87. The van der Waals surface area contributed by atoms with Crippen molar-refractivity contribution in [2.24, 2.45) is 0 Å². The molecule has 0 radical (unpaired) electrons. The third kappa shape index (κ3) is 2.55. The number of nitrogens with one attached hydrogen (secondary N) is 1. The molecule has 0 spiro atoms. The van der Waals surface area contributed by atoms with Gasteiger partial charge in [0.25, 0.3) is 0 Å². The molecule has 3 rings (SSSR count). The van der Waals surface area contributed by atoms with Crippen molar-refractivity contribution in [2.75, 3.05) is 13.2 Å². The molecule has 1 N–H and O–H groups in total. The van der Waals surface area contributed by atoms with E-state index >= 15 is 0 Å². The quantitative estimate of drug-likeness (QED) is 0.922. The summed E-state index contributed by atoms with van der Waals surface area (Å²) in [5, 5.41) is 5.72. The third-order valence-electron chi connectivity index (χ3n) is 3.47. The predicted octanol–water partition coefficient (Wildman–Crippen LogP) is 3.13. The molecule has 18 heavy (non-hydrogen) atoms. The zero-order chi connectivity index (χ0) is 12.4. The predicted molar refractivity (Wildman–Crippen MR) is 75.0 cm³/mol. The molecular formula is C14H18N2OS. The lowest BCUT2D eigenvalue weighted by atomic mass is 10.1. The van der Waals surface area contributed by atoms with Crippen molar-refractivity contribution in [1.82, 2.24) is 10.3 Å². The van der Waals surface area contributed by atoms with Crippen molar-refractivity contribution in [3.63, 3.8) is 0 Å². The second kappa shape index (κ2) is 5.34. The van der Waals surface area contributed by atoms with Crippen molar-refractivity contribution in [2.45, 2.75) is 31.8 Å². The molecule has 0 saturated carbocycles. The van der Waals surface area contributed by atoms with Crippen LogP contribution in [0.1, 0.15) is 31.4 Å². The van der Waals surface area contributed by atoms with Crippen LogP contribution in [0.25, 0.3) is 10.2 Å². The van der Waals surface area contributed by atoms with Crippen LogP contribution in [0.15, 0.2) is 23.7 Å². The smallest absolute Gasteiger partial charge is 0.0809 e. The Hall–Kier alpha value is -0.970. The van der Waals surface area contributed by atoms with E-state index in [1.54, 1.807) is 11.3 Å². The first-order valence-corrected chi connectivity index (χ1v) is 7.38. The molecule has 0 bridgehead atoms. The van der Waals surface area contributed by atoms with Crippen LogP contribution in [0.3, 0.4) is 0 Å². The molecule has 1 aliphatic rings. The molecule has 1 aliphatic heterocycles. The van der Waals surface area contributed by atoms with Gasteiger partial charge >= 0.3 is 0 Å². The normalized spacial score (nSPS) is 22.2. The van der Waals surface area contributed by atoms with Gasteiger partial charge in [-0.05, 0) is 42.8 Å². The van der Waals surface area contributed by atoms with E-state index in [0.29, 0.717) is 12.1 Å². The minimum atomic E-state index is 0.329. The highest BCUT2D eigenvalue weighted by Crippen LogP contribution is 2.23. The van der Waals surface area contributed by atoms with Gasteiger partial charge in [0.15, 0.2) is 0 Å². The lowest BCUT2D eigenvalue weighted by molar-refractivity contribution is 0.0671. The van der Waals surface area contributed by atoms with Crippen LogP contribution in [0.4, 0.5) is 0 Å². The number of fused-ring (bicyclic) bond motifs is 1. The van der Waals surface area contributed by atoms with Crippen molar-refractivity contribution in [3.05, 3.63) is 29.3 Å². The number of rotatable bonds is 3. The van der Waals surface area contributed by atoms with E-state index in [9.17, 15) is 0 Å². The molecular weight excluding hydrogens is 244 g/mol. The average molecular weight is 262 g/mol. The zero-order valence-electron chi connectivity index (χ0n) is 10.6. The molecule has 0 aliphatic carbocycles. The van der Waals surface area contributed by atoms with Gasteiger partial charge in [0.05, 0.1) is 16.8 Å². The number of thiophene rings is 1. The molecule has 2 aromatic rings. The molecule has 3 heterocycles. The van der Waals surface area contributed by atoms with Gasteiger partial charge in [-0.1, -0.05) is 0 Å². The Bertz CT molecular complexity index is 519. The van der Waals surface area contributed by atoms with Crippen molar-refractivity contribution < 1.29 is 4.74 Å². The second-order valence-electron chi connectivity index (χ2n) is 4.88. The maximum absolute atomic E-state index is 5.50. The summed E-state index contributed by atoms with van der Waals surface area (Å²) in [6.45, 7) is 3.94. The van der Waals surface area contributed by atoms with Gasteiger partial charge in [0.1, 0.15) is 0 Å². The first-order valence-electron chi connectivity index (χ1n) is 6.50.